The first-order chi connectivity index (χ1) is 10.1. The third-order valence-corrected chi connectivity index (χ3v) is 3.49. The highest BCUT2D eigenvalue weighted by Crippen LogP contribution is 2.39. The molecule has 3 rings (SSSR count). The Balaban J connectivity index is 1.88. The number of carbonyl (C=O) groups is 1. The summed E-state index contributed by atoms with van der Waals surface area (Å²) < 4.78 is 10.7. The maximum Gasteiger partial charge on any atom is 0.296 e. The van der Waals surface area contributed by atoms with Crippen LogP contribution in [0.3, 0.4) is 0 Å². The number of benzene rings is 1. The van der Waals surface area contributed by atoms with Crippen molar-refractivity contribution in [3.63, 3.8) is 0 Å². The minimum Gasteiger partial charge on any atom is -0.486 e. The summed E-state index contributed by atoms with van der Waals surface area (Å²) in [6.07, 6.45) is 1.64. The minimum absolute atomic E-state index is 0.128. The highest BCUT2D eigenvalue weighted by Gasteiger charge is 2.27. The molecule has 8 nitrogen and oxygen atoms in total. The molecule has 21 heavy (non-hydrogen) atoms. The Morgan fingerprint density at radius 2 is 2.05 bits per heavy atom. The number of hydrogen-bond donors (Lipinski definition) is 2. The second-order valence-corrected chi connectivity index (χ2v) is 4.91. The number of ether oxygens (including phenoxy) is 2. The van der Waals surface area contributed by atoms with Gasteiger partial charge in [0.25, 0.3) is 5.69 Å². The number of rotatable bonds is 3. The summed E-state index contributed by atoms with van der Waals surface area (Å²) >= 11 is 0. The van der Waals surface area contributed by atoms with Gasteiger partial charge in [-0.3, -0.25) is 14.9 Å². The van der Waals surface area contributed by atoms with Gasteiger partial charge in [0.15, 0.2) is 11.5 Å². The van der Waals surface area contributed by atoms with Crippen LogP contribution in [-0.2, 0) is 4.79 Å². The lowest BCUT2D eigenvalue weighted by Gasteiger charge is -2.19. The van der Waals surface area contributed by atoms with Crippen LogP contribution in [0.25, 0.3) is 0 Å². The molecule has 1 aromatic rings. The number of nitro benzene ring substituents is 1. The Hall–Kier alpha value is -2.35. The zero-order chi connectivity index (χ0) is 14.8. The van der Waals surface area contributed by atoms with Crippen molar-refractivity contribution in [2.45, 2.75) is 18.9 Å². The van der Waals surface area contributed by atoms with Crippen LogP contribution >= 0.6 is 0 Å². The van der Waals surface area contributed by atoms with Crippen molar-refractivity contribution in [1.82, 2.24) is 5.32 Å². The largest absolute Gasteiger partial charge is 0.486 e. The van der Waals surface area contributed by atoms with E-state index in [-0.39, 0.29) is 23.3 Å². The summed E-state index contributed by atoms with van der Waals surface area (Å²) in [6, 6.07) is 2.42. The summed E-state index contributed by atoms with van der Waals surface area (Å²) in [6.45, 7) is 1.51. The van der Waals surface area contributed by atoms with E-state index in [4.69, 9.17) is 9.47 Å². The maximum atomic E-state index is 12.1. The molecule has 1 atom stereocenters. The molecule has 0 radical (unpaired) electrons. The number of carbonyl (C=O) groups excluding carboxylic acids is 1. The van der Waals surface area contributed by atoms with E-state index in [0.29, 0.717) is 24.7 Å². The van der Waals surface area contributed by atoms with Crippen LogP contribution in [-0.4, -0.2) is 36.6 Å². The molecule has 2 heterocycles. The second-order valence-electron chi connectivity index (χ2n) is 4.91. The van der Waals surface area contributed by atoms with E-state index >= 15 is 0 Å². The van der Waals surface area contributed by atoms with Crippen molar-refractivity contribution in [3.05, 3.63) is 22.2 Å². The van der Waals surface area contributed by atoms with Gasteiger partial charge >= 0.3 is 0 Å². The van der Waals surface area contributed by atoms with Crippen LogP contribution in [0.4, 0.5) is 11.4 Å². The predicted molar refractivity (Wildman–Crippen MR) is 73.7 cm³/mol. The molecule has 1 fully saturated rings. The van der Waals surface area contributed by atoms with Crippen molar-refractivity contribution in [2.24, 2.45) is 0 Å². The number of anilines is 1. The first-order valence-corrected chi connectivity index (χ1v) is 6.77. The quantitative estimate of drug-likeness (QED) is 0.638. The molecule has 2 aliphatic heterocycles. The maximum absolute atomic E-state index is 12.1. The fourth-order valence-electron chi connectivity index (χ4n) is 2.46. The summed E-state index contributed by atoms with van der Waals surface area (Å²) in [4.78, 5) is 22.7. The summed E-state index contributed by atoms with van der Waals surface area (Å²) in [5.74, 6) is 0.457. The molecule has 0 saturated carbocycles. The van der Waals surface area contributed by atoms with Crippen LogP contribution in [0.1, 0.15) is 12.8 Å². The Morgan fingerprint density at radius 3 is 2.67 bits per heavy atom. The number of amides is 1. The molecule has 1 saturated heterocycles. The summed E-state index contributed by atoms with van der Waals surface area (Å²) in [5, 5.41) is 16.8. The van der Waals surface area contributed by atoms with Crippen molar-refractivity contribution >= 4 is 17.3 Å². The first-order valence-electron chi connectivity index (χ1n) is 6.77. The molecule has 2 N–H and O–H groups in total. The van der Waals surface area contributed by atoms with Crippen molar-refractivity contribution in [2.75, 3.05) is 25.1 Å². The SMILES string of the molecule is O=C(Nc1cc2c(cc1[N+](=O)[O-])OCCO2)C1CCCN1. The van der Waals surface area contributed by atoms with E-state index in [1.54, 1.807) is 0 Å². The Kier molecular flexibility index (Phi) is 3.61. The highest BCUT2D eigenvalue weighted by molar-refractivity contribution is 5.97. The molecule has 0 aromatic heterocycles. The van der Waals surface area contributed by atoms with Crippen LogP contribution in [0.2, 0.25) is 0 Å². The molecule has 8 heteroatoms. The van der Waals surface area contributed by atoms with Crippen molar-refractivity contribution < 1.29 is 19.2 Å². The van der Waals surface area contributed by atoms with Crippen LogP contribution in [0, 0.1) is 10.1 Å². The molecule has 112 valence electrons. The average molecular weight is 293 g/mol. The number of nitrogens with one attached hydrogen (secondary N) is 2. The van der Waals surface area contributed by atoms with Gasteiger partial charge in [0.05, 0.1) is 17.0 Å². The highest BCUT2D eigenvalue weighted by atomic mass is 16.6. The van der Waals surface area contributed by atoms with Gasteiger partial charge in [-0.2, -0.15) is 0 Å². The standard InChI is InChI=1S/C13H15N3O5/c17-13(8-2-1-3-14-8)15-9-6-11-12(21-5-4-20-11)7-10(9)16(18)19/h6-8,14H,1-5H2,(H,15,17). The lowest BCUT2D eigenvalue weighted by Crippen LogP contribution is -2.35. The zero-order valence-electron chi connectivity index (χ0n) is 11.3. The minimum atomic E-state index is -0.546. The first kappa shape index (κ1) is 13.6. The number of hydrogen-bond acceptors (Lipinski definition) is 6. The molecule has 2 aliphatic rings. The number of nitrogens with zero attached hydrogens (tertiary/aromatic N) is 1. The second kappa shape index (κ2) is 5.57. The van der Waals surface area contributed by atoms with Gasteiger partial charge in [-0.15, -0.1) is 0 Å². The van der Waals surface area contributed by atoms with Gasteiger partial charge in [0.2, 0.25) is 5.91 Å². The van der Waals surface area contributed by atoms with E-state index in [0.717, 1.165) is 19.4 Å². The van der Waals surface area contributed by atoms with E-state index in [1.807, 2.05) is 0 Å². The normalized spacial score (nSPS) is 20.1. The molecule has 1 amide bonds. The van der Waals surface area contributed by atoms with Gasteiger partial charge in [-0.1, -0.05) is 0 Å². The lowest BCUT2D eigenvalue weighted by atomic mass is 10.2. The predicted octanol–water partition coefficient (Wildman–Crippen LogP) is 1.06. The van der Waals surface area contributed by atoms with E-state index in [1.165, 1.54) is 12.1 Å². The van der Waals surface area contributed by atoms with Crippen molar-refractivity contribution in [3.8, 4) is 11.5 Å². The molecule has 0 bridgehead atoms. The number of nitro groups is 1. The molecular formula is C13H15N3O5. The van der Waals surface area contributed by atoms with Gasteiger partial charge in [0, 0.05) is 6.07 Å². The smallest absolute Gasteiger partial charge is 0.296 e. The molecule has 0 spiro atoms. The Labute approximate surface area is 120 Å². The summed E-state index contributed by atoms with van der Waals surface area (Å²) in [7, 11) is 0. The fourth-order valence-corrected chi connectivity index (χ4v) is 2.46. The molecule has 0 aliphatic carbocycles. The van der Waals surface area contributed by atoms with Gasteiger partial charge in [-0.05, 0) is 19.4 Å². The average Bonchev–Trinajstić information content (AvgIpc) is 3.00. The summed E-state index contributed by atoms with van der Waals surface area (Å²) in [5.41, 5.74) is -0.0754. The van der Waals surface area contributed by atoms with E-state index < -0.39 is 4.92 Å². The van der Waals surface area contributed by atoms with Crippen molar-refractivity contribution in [1.29, 1.82) is 0 Å². The van der Waals surface area contributed by atoms with E-state index in [9.17, 15) is 14.9 Å². The zero-order valence-corrected chi connectivity index (χ0v) is 11.3. The Morgan fingerprint density at radius 1 is 1.33 bits per heavy atom. The monoisotopic (exact) mass is 293 g/mol. The molecular weight excluding hydrogens is 278 g/mol. The van der Waals surface area contributed by atoms with Crippen LogP contribution in [0.15, 0.2) is 12.1 Å². The molecule has 1 unspecified atom stereocenters. The third-order valence-electron chi connectivity index (χ3n) is 3.49. The van der Waals surface area contributed by atoms with Crippen LogP contribution < -0.4 is 20.1 Å². The van der Waals surface area contributed by atoms with E-state index in [2.05, 4.69) is 10.6 Å². The van der Waals surface area contributed by atoms with Gasteiger partial charge in [0.1, 0.15) is 18.9 Å². The Bertz CT molecular complexity index is 583. The topological polar surface area (TPSA) is 103 Å². The number of fused-ring (bicyclic) bond motifs is 1. The van der Waals surface area contributed by atoms with Gasteiger partial charge in [-0.25, -0.2) is 0 Å². The lowest BCUT2D eigenvalue weighted by molar-refractivity contribution is -0.384. The van der Waals surface area contributed by atoms with Crippen LogP contribution in [0.5, 0.6) is 11.5 Å². The fraction of sp³-hybridized carbons (Fsp3) is 0.462. The molecule has 1 aromatic carbocycles. The van der Waals surface area contributed by atoms with Gasteiger partial charge < -0.3 is 20.1 Å². The third kappa shape index (κ3) is 2.75.